The summed E-state index contributed by atoms with van der Waals surface area (Å²) >= 11 is 0. The van der Waals surface area contributed by atoms with Gasteiger partial charge >= 0.3 is 0 Å². The number of para-hydroxylation sites is 1. The molecule has 2 heterocycles. The number of fused-ring (bicyclic) bond motifs is 1. The zero-order valence-corrected chi connectivity index (χ0v) is 11.8. The average Bonchev–Trinajstić information content (AvgIpc) is 2.84. The zero-order valence-electron chi connectivity index (χ0n) is 11.8. The Kier molecular flexibility index (Phi) is 3.77. The topological polar surface area (TPSA) is 16.4 Å². The third kappa shape index (κ3) is 2.49. The Bertz CT molecular complexity index is 537. The van der Waals surface area contributed by atoms with Crippen molar-refractivity contribution in [3.05, 3.63) is 30.0 Å². The average molecular weight is 257 g/mol. The number of nitrogens with zero attached hydrogens (tertiary/aromatic N) is 1. The van der Waals surface area contributed by atoms with E-state index in [2.05, 4.69) is 36.1 Å². The first-order valence-corrected chi connectivity index (χ1v) is 7.65. The Morgan fingerprint density at radius 2 is 1.89 bits per heavy atom. The summed E-state index contributed by atoms with van der Waals surface area (Å²) in [7, 11) is 0. The van der Waals surface area contributed by atoms with Crippen LogP contribution in [-0.2, 0) is 6.42 Å². The van der Waals surface area contributed by atoms with Crippen molar-refractivity contribution < 1.29 is 4.42 Å². The fraction of sp³-hybridized carbons (Fsp3) is 0.529. The quantitative estimate of drug-likeness (QED) is 0.784. The van der Waals surface area contributed by atoms with Gasteiger partial charge in [0.2, 0.25) is 0 Å². The summed E-state index contributed by atoms with van der Waals surface area (Å²) in [6.07, 6.45) is 7.49. The molecule has 2 heteroatoms. The van der Waals surface area contributed by atoms with E-state index in [1.54, 1.807) is 0 Å². The van der Waals surface area contributed by atoms with Crippen LogP contribution in [-0.4, -0.2) is 13.1 Å². The summed E-state index contributed by atoms with van der Waals surface area (Å²) in [4.78, 5) is 2.54. The fourth-order valence-electron chi connectivity index (χ4n) is 3.05. The molecule has 1 saturated heterocycles. The van der Waals surface area contributed by atoms with Crippen molar-refractivity contribution in [3.63, 3.8) is 0 Å². The molecule has 3 rings (SSSR count). The number of hydrogen-bond donors (Lipinski definition) is 0. The van der Waals surface area contributed by atoms with Gasteiger partial charge in [-0.15, -0.1) is 0 Å². The maximum absolute atomic E-state index is 6.11. The van der Waals surface area contributed by atoms with E-state index in [0.29, 0.717) is 0 Å². The van der Waals surface area contributed by atoms with Crippen molar-refractivity contribution in [1.82, 2.24) is 0 Å². The first-order chi connectivity index (χ1) is 9.40. The summed E-state index contributed by atoms with van der Waals surface area (Å²) in [5.74, 6) is 1.20. The molecule has 0 bridgehead atoms. The number of benzene rings is 1. The van der Waals surface area contributed by atoms with Gasteiger partial charge in [-0.3, -0.25) is 0 Å². The van der Waals surface area contributed by atoms with Crippen LogP contribution in [0.3, 0.4) is 0 Å². The van der Waals surface area contributed by atoms with Gasteiger partial charge in [0.25, 0.3) is 0 Å². The van der Waals surface area contributed by atoms with Crippen LogP contribution in [0.4, 0.5) is 5.69 Å². The number of anilines is 1. The monoisotopic (exact) mass is 257 g/mol. The lowest BCUT2D eigenvalue weighted by atomic mass is 10.1. The van der Waals surface area contributed by atoms with E-state index >= 15 is 0 Å². The van der Waals surface area contributed by atoms with Crippen molar-refractivity contribution in [3.8, 4) is 0 Å². The minimum absolute atomic E-state index is 1.05. The molecule has 0 unspecified atom stereocenters. The molecule has 1 aliphatic rings. The maximum Gasteiger partial charge on any atom is 0.136 e. The summed E-state index contributed by atoms with van der Waals surface area (Å²) in [5, 5.41) is 1.30. The number of furan rings is 1. The lowest BCUT2D eigenvalue weighted by Gasteiger charge is -2.28. The fourth-order valence-corrected chi connectivity index (χ4v) is 3.05. The molecule has 1 aliphatic heterocycles. The number of piperidine rings is 1. The van der Waals surface area contributed by atoms with Gasteiger partial charge in [-0.05, 0) is 37.8 Å². The predicted octanol–water partition coefficient (Wildman–Crippen LogP) is 4.77. The van der Waals surface area contributed by atoms with E-state index in [1.165, 1.54) is 62.0 Å². The molecule has 0 amide bonds. The Hall–Kier alpha value is -1.44. The van der Waals surface area contributed by atoms with Gasteiger partial charge in [-0.1, -0.05) is 25.5 Å². The first-order valence-electron chi connectivity index (χ1n) is 7.65. The molecule has 1 aromatic carbocycles. The van der Waals surface area contributed by atoms with Gasteiger partial charge in [0, 0.05) is 24.9 Å². The third-order valence-electron chi connectivity index (χ3n) is 4.07. The minimum Gasteiger partial charge on any atom is -0.459 e. The van der Waals surface area contributed by atoms with Crippen LogP contribution in [0.2, 0.25) is 0 Å². The Morgan fingerprint density at radius 1 is 1.11 bits per heavy atom. The molecule has 0 aliphatic carbocycles. The second kappa shape index (κ2) is 5.68. The van der Waals surface area contributed by atoms with Gasteiger partial charge in [0.1, 0.15) is 11.3 Å². The van der Waals surface area contributed by atoms with Crippen molar-refractivity contribution in [1.29, 1.82) is 0 Å². The molecule has 0 saturated carbocycles. The highest BCUT2D eigenvalue weighted by atomic mass is 16.3. The standard InChI is InChI=1S/C17H23NO/c1-2-3-10-16-17(18-12-7-4-8-13-18)14-9-5-6-11-15(14)19-16/h5-6,9,11H,2-4,7-8,10,12-13H2,1H3. The van der Waals surface area contributed by atoms with E-state index in [1.807, 2.05) is 0 Å². The van der Waals surface area contributed by atoms with E-state index in [0.717, 1.165) is 12.0 Å². The highest BCUT2D eigenvalue weighted by molar-refractivity contribution is 5.93. The normalized spacial score (nSPS) is 16.2. The highest BCUT2D eigenvalue weighted by Gasteiger charge is 2.20. The SMILES string of the molecule is CCCCc1oc2ccccc2c1N1CCCCC1. The Labute approximate surface area is 115 Å². The molecule has 0 spiro atoms. The molecule has 102 valence electrons. The van der Waals surface area contributed by atoms with Crippen LogP contribution in [0.25, 0.3) is 11.0 Å². The van der Waals surface area contributed by atoms with Gasteiger partial charge in [-0.25, -0.2) is 0 Å². The molecule has 0 radical (unpaired) electrons. The predicted molar refractivity (Wildman–Crippen MR) is 80.9 cm³/mol. The minimum atomic E-state index is 1.05. The van der Waals surface area contributed by atoms with Crippen LogP contribution in [0, 0.1) is 0 Å². The van der Waals surface area contributed by atoms with Gasteiger partial charge in [0.15, 0.2) is 0 Å². The summed E-state index contributed by atoms with van der Waals surface area (Å²) in [6.45, 7) is 4.61. The van der Waals surface area contributed by atoms with Crippen LogP contribution in [0.1, 0.15) is 44.8 Å². The van der Waals surface area contributed by atoms with Crippen molar-refractivity contribution >= 4 is 16.7 Å². The van der Waals surface area contributed by atoms with Gasteiger partial charge in [0.05, 0.1) is 5.69 Å². The van der Waals surface area contributed by atoms with Crippen molar-refractivity contribution in [2.24, 2.45) is 0 Å². The van der Waals surface area contributed by atoms with Gasteiger partial charge in [-0.2, -0.15) is 0 Å². The molecular formula is C17H23NO. The molecule has 2 nitrogen and oxygen atoms in total. The van der Waals surface area contributed by atoms with E-state index in [4.69, 9.17) is 4.42 Å². The summed E-state index contributed by atoms with van der Waals surface area (Å²) < 4.78 is 6.11. The number of rotatable bonds is 4. The molecule has 1 aromatic heterocycles. The highest BCUT2D eigenvalue weighted by Crippen LogP contribution is 2.36. The smallest absolute Gasteiger partial charge is 0.136 e. The second-order valence-corrected chi connectivity index (χ2v) is 5.52. The second-order valence-electron chi connectivity index (χ2n) is 5.52. The van der Waals surface area contributed by atoms with E-state index in [-0.39, 0.29) is 0 Å². The van der Waals surface area contributed by atoms with E-state index < -0.39 is 0 Å². The van der Waals surface area contributed by atoms with Gasteiger partial charge < -0.3 is 9.32 Å². The molecule has 1 fully saturated rings. The lowest BCUT2D eigenvalue weighted by Crippen LogP contribution is -2.29. The summed E-state index contributed by atoms with van der Waals surface area (Å²) in [5.41, 5.74) is 2.43. The zero-order chi connectivity index (χ0) is 13.1. The van der Waals surface area contributed by atoms with Crippen LogP contribution < -0.4 is 4.90 Å². The molecule has 19 heavy (non-hydrogen) atoms. The molecule has 0 N–H and O–H groups in total. The molecular weight excluding hydrogens is 234 g/mol. The van der Waals surface area contributed by atoms with Crippen molar-refractivity contribution in [2.75, 3.05) is 18.0 Å². The molecule has 0 atom stereocenters. The first kappa shape index (κ1) is 12.6. The third-order valence-corrected chi connectivity index (χ3v) is 4.07. The summed E-state index contributed by atoms with van der Waals surface area (Å²) in [6, 6.07) is 8.49. The lowest BCUT2D eigenvalue weighted by molar-refractivity contribution is 0.524. The van der Waals surface area contributed by atoms with Crippen LogP contribution in [0.5, 0.6) is 0 Å². The van der Waals surface area contributed by atoms with Crippen molar-refractivity contribution in [2.45, 2.75) is 45.4 Å². The number of aryl methyl sites for hydroxylation is 1. The number of hydrogen-bond acceptors (Lipinski definition) is 2. The van der Waals surface area contributed by atoms with Crippen LogP contribution >= 0.6 is 0 Å². The number of unbranched alkanes of at least 4 members (excludes halogenated alkanes) is 1. The Balaban J connectivity index is 2.01. The molecule has 2 aromatic rings. The van der Waals surface area contributed by atoms with E-state index in [9.17, 15) is 0 Å². The van der Waals surface area contributed by atoms with Crippen LogP contribution in [0.15, 0.2) is 28.7 Å². The largest absolute Gasteiger partial charge is 0.459 e. The maximum atomic E-state index is 6.11. The Morgan fingerprint density at radius 3 is 2.68 bits per heavy atom.